The maximum absolute atomic E-state index is 13.1. The number of nitrogens with zero attached hydrogens (tertiary/aromatic N) is 2. The van der Waals surface area contributed by atoms with E-state index in [1.54, 1.807) is 24.3 Å². The van der Waals surface area contributed by atoms with E-state index in [2.05, 4.69) is 0 Å². The predicted molar refractivity (Wildman–Crippen MR) is 114 cm³/mol. The van der Waals surface area contributed by atoms with Crippen molar-refractivity contribution in [2.24, 2.45) is 0 Å². The average molecular weight is 459 g/mol. The Bertz CT molecular complexity index is 1250. The van der Waals surface area contributed by atoms with Gasteiger partial charge in [0.25, 0.3) is 10.0 Å². The molecule has 0 aromatic heterocycles. The number of carbonyl (C=O) groups excluding carboxylic acids is 1. The summed E-state index contributed by atoms with van der Waals surface area (Å²) in [5, 5.41) is 8.86. The predicted octanol–water partition coefficient (Wildman–Crippen LogP) is 4.53. The third kappa shape index (κ3) is 5.02. The molecule has 0 aliphatic heterocycles. The van der Waals surface area contributed by atoms with E-state index in [0.717, 1.165) is 22.5 Å². The molecule has 0 atom stereocenters. The van der Waals surface area contributed by atoms with Crippen molar-refractivity contribution in [1.29, 1.82) is 5.26 Å². The van der Waals surface area contributed by atoms with Gasteiger partial charge in [-0.1, -0.05) is 23.7 Å². The number of sulfonamides is 1. The molecule has 158 valence electrons. The van der Waals surface area contributed by atoms with Crippen LogP contribution in [0.15, 0.2) is 71.6 Å². The van der Waals surface area contributed by atoms with E-state index < -0.39 is 21.8 Å². The van der Waals surface area contributed by atoms with Crippen molar-refractivity contribution in [2.75, 3.05) is 11.4 Å². The molecule has 0 amide bonds. The van der Waals surface area contributed by atoms with Crippen LogP contribution in [0.3, 0.4) is 0 Å². The number of anilines is 1. The molecular formula is C22H16ClFN2O4S. The normalized spacial score (nSPS) is 10.9. The molecule has 0 heterocycles. The first-order valence-corrected chi connectivity index (χ1v) is 10.7. The van der Waals surface area contributed by atoms with Gasteiger partial charge in [-0.3, -0.25) is 4.31 Å². The number of hydrogen-bond donors (Lipinski definition) is 0. The molecule has 31 heavy (non-hydrogen) atoms. The number of benzene rings is 3. The second kappa shape index (κ2) is 9.16. The van der Waals surface area contributed by atoms with E-state index in [1.165, 1.54) is 31.3 Å². The molecule has 0 fully saturated rings. The second-order valence-electron chi connectivity index (χ2n) is 6.48. The van der Waals surface area contributed by atoms with Crippen LogP contribution in [0.1, 0.15) is 21.5 Å². The highest BCUT2D eigenvalue weighted by atomic mass is 35.5. The molecule has 3 aromatic rings. The van der Waals surface area contributed by atoms with E-state index in [1.807, 2.05) is 6.07 Å². The first-order chi connectivity index (χ1) is 14.7. The lowest BCUT2D eigenvalue weighted by molar-refractivity contribution is 0.0472. The molecule has 0 saturated carbocycles. The van der Waals surface area contributed by atoms with Gasteiger partial charge in [0.2, 0.25) is 0 Å². The Balaban J connectivity index is 1.82. The van der Waals surface area contributed by atoms with Crippen molar-refractivity contribution in [3.63, 3.8) is 0 Å². The molecule has 0 saturated heterocycles. The van der Waals surface area contributed by atoms with Crippen molar-refractivity contribution < 1.29 is 22.3 Å². The van der Waals surface area contributed by atoms with E-state index in [4.69, 9.17) is 21.6 Å². The molecule has 0 aliphatic rings. The van der Waals surface area contributed by atoms with Crippen LogP contribution in [0.25, 0.3) is 0 Å². The Morgan fingerprint density at radius 3 is 2.35 bits per heavy atom. The molecule has 9 heteroatoms. The zero-order chi connectivity index (χ0) is 22.6. The molecule has 0 bridgehead atoms. The molecule has 0 unspecified atom stereocenters. The lowest BCUT2D eigenvalue weighted by atomic mass is 10.1. The summed E-state index contributed by atoms with van der Waals surface area (Å²) in [7, 11) is -2.72. The van der Waals surface area contributed by atoms with Gasteiger partial charge in [0, 0.05) is 7.05 Å². The molecule has 6 nitrogen and oxygen atoms in total. The minimum Gasteiger partial charge on any atom is -0.457 e. The van der Waals surface area contributed by atoms with Crippen molar-refractivity contribution in [1.82, 2.24) is 0 Å². The van der Waals surface area contributed by atoms with Crippen LogP contribution in [0.2, 0.25) is 5.02 Å². The fraction of sp³-hybridized carbons (Fsp3) is 0.0909. The summed E-state index contributed by atoms with van der Waals surface area (Å²) >= 11 is 6.09. The Labute approximate surface area is 184 Å². The summed E-state index contributed by atoms with van der Waals surface area (Å²) in [6, 6.07) is 17.1. The number of carbonyl (C=O) groups is 1. The van der Waals surface area contributed by atoms with E-state index in [0.29, 0.717) is 11.1 Å². The monoisotopic (exact) mass is 458 g/mol. The Morgan fingerprint density at radius 1 is 1.10 bits per heavy atom. The van der Waals surface area contributed by atoms with Crippen molar-refractivity contribution in [3.05, 3.63) is 94.3 Å². The molecule has 0 radical (unpaired) electrons. The smallest absolute Gasteiger partial charge is 0.340 e. The lowest BCUT2D eigenvalue weighted by Gasteiger charge is -2.20. The summed E-state index contributed by atoms with van der Waals surface area (Å²) in [6.45, 7) is -0.0761. The number of rotatable bonds is 6. The van der Waals surface area contributed by atoms with Crippen LogP contribution in [-0.4, -0.2) is 21.4 Å². The summed E-state index contributed by atoms with van der Waals surface area (Å²) in [5.74, 6) is -1.29. The highest BCUT2D eigenvalue weighted by Gasteiger charge is 2.24. The van der Waals surface area contributed by atoms with Crippen molar-refractivity contribution in [3.8, 4) is 6.07 Å². The molecule has 3 aromatic carbocycles. The minimum atomic E-state index is -4.04. The van der Waals surface area contributed by atoms with Crippen LogP contribution in [-0.2, 0) is 21.4 Å². The summed E-state index contributed by atoms with van der Waals surface area (Å²) < 4.78 is 45.3. The third-order valence-corrected chi connectivity index (χ3v) is 6.57. The van der Waals surface area contributed by atoms with Gasteiger partial charge < -0.3 is 4.74 Å². The number of ether oxygens (including phenoxy) is 1. The van der Waals surface area contributed by atoms with E-state index in [9.17, 15) is 17.6 Å². The molecule has 0 N–H and O–H groups in total. The van der Waals surface area contributed by atoms with Crippen LogP contribution < -0.4 is 4.31 Å². The van der Waals surface area contributed by atoms with Gasteiger partial charge >= 0.3 is 5.97 Å². The van der Waals surface area contributed by atoms with E-state index >= 15 is 0 Å². The van der Waals surface area contributed by atoms with Gasteiger partial charge in [0.15, 0.2) is 0 Å². The van der Waals surface area contributed by atoms with Crippen LogP contribution in [0, 0.1) is 17.1 Å². The van der Waals surface area contributed by atoms with Crippen LogP contribution >= 0.6 is 11.6 Å². The minimum absolute atomic E-state index is 0.0354. The number of nitriles is 1. The van der Waals surface area contributed by atoms with Gasteiger partial charge in [-0.05, 0) is 60.2 Å². The highest BCUT2D eigenvalue weighted by Crippen LogP contribution is 2.26. The molecule has 0 spiro atoms. The number of hydrogen-bond acceptors (Lipinski definition) is 5. The Morgan fingerprint density at radius 2 is 1.74 bits per heavy atom. The van der Waals surface area contributed by atoms with Gasteiger partial charge in [-0.25, -0.2) is 17.6 Å². The zero-order valence-corrected chi connectivity index (χ0v) is 17.8. The van der Waals surface area contributed by atoms with Crippen LogP contribution in [0.5, 0.6) is 0 Å². The highest BCUT2D eigenvalue weighted by molar-refractivity contribution is 7.92. The zero-order valence-electron chi connectivity index (χ0n) is 16.2. The quantitative estimate of drug-likeness (QED) is 0.506. The number of esters is 1. The Hall–Kier alpha value is -3.41. The van der Waals surface area contributed by atoms with E-state index in [-0.39, 0.29) is 27.8 Å². The maximum Gasteiger partial charge on any atom is 0.340 e. The van der Waals surface area contributed by atoms with Gasteiger partial charge in [-0.15, -0.1) is 0 Å². The first kappa shape index (κ1) is 22.3. The standard InChI is InChI=1S/C22H16ClFN2O4S/c1-26(18-8-6-17(24)7-9-18)31(28,29)19-10-11-21(23)20(12-19)22(27)30-14-16-4-2-15(13-25)3-5-16/h2-12H,14H2,1H3. The SMILES string of the molecule is CN(c1ccc(F)cc1)S(=O)(=O)c1ccc(Cl)c(C(=O)OCc2ccc(C#N)cc2)c1. The topological polar surface area (TPSA) is 87.5 Å². The summed E-state index contributed by atoms with van der Waals surface area (Å²) in [6.07, 6.45) is 0. The third-order valence-electron chi connectivity index (χ3n) is 4.46. The molecular weight excluding hydrogens is 443 g/mol. The van der Waals surface area contributed by atoms with Crippen molar-refractivity contribution in [2.45, 2.75) is 11.5 Å². The van der Waals surface area contributed by atoms with Gasteiger partial charge in [-0.2, -0.15) is 5.26 Å². The first-order valence-electron chi connectivity index (χ1n) is 8.92. The van der Waals surface area contributed by atoms with Gasteiger partial charge in [0.05, 0.1) is 32.8 Å². The Kier molecular flexibility index (Phi) is 6.59. The lowest BCUT2D eigenvalue weighted by Crippen LogP contribution is -2.26. The average Bonchev–Trinajstić information content (AvgIpc) is 2.78. The molecule has 0 aliphatic carbocycles. The fourth-order valence-corrected chi connectivity index (χ4v) is 4.09. The summed E-state index contributed by atoms with van der Waals surface area (Å²) in [4.78, 5) is 12.3. The van der Waals surface area contributed by atoms with Crippen LogP contribution in [0.4, 0.5) is 10.1 Å². The largest absolute Gasteiger partial charge is 0.457 e. The summed E-state index contributed by atoms with van der Waals surface area (Å²) in [5.41, 5.74) is 1.27. The van der Waals surface area contributed by atoms with Gasteiger partial charge in [0.1, 0.15) is 12.4 Å². The fourth-order valence-electron chi connectivity index (χ4n) is 2.67. The maximum atomic E-state index is 13.1. The number of halogens is 2. The van der Waals surface area contributed by atoms with Crippen molar-refractivity contribution >= 4 is 33.3 Å². The molecule has 3 rings (SSSR count). The second-order valence-corrected chi connectivity index (χ2v) is 8.85.